The molecule has 4 heteroatoms. The fourth-order valence-corrected chi connectivity index (χ4v) is 2.67. The Balaban J connectivity index is 2.03. The molecule has 1 N–H and O–H groups in total. The molecule has 1 aliphatic rings. The number of methoxy groups -OCH3 is 1. The van der Waals surface area contributed by atoms with Crippen molar-refractivity contribution in [2.75, 3.05) is 13.9 Å². The second kappa shape index (κ2) is 5.30. The van der Waals surface area contributed by atoms with Crippen molar-refractivity contribution in [1.29, 1.82) is 0 Å². The van der Waals surface area contributed by atoms with Crippen molar-refractivity contribution in [3.63, 3.8) is 0 Å². The van der Waals surface area contributed by atoms with Crippen molar-refractivity contribution in [3.05, 3.63) is 52.6 Å². The van der Waals surface area contributed by atoms with Gasteiger partial charge in [0, 0.05) is 0 Å². The highest BCUT2D eigenvalue weighted by Gasteiger charge is 2.23. The first-order chi connectivity index (χ1) is 10.1. The van der Waals surface area contributed by atoms with E-state index in [4.69, 9.17) is 14.2 Å². The minimum Gasteiger partial charge on any atom is -0.493 e. The summed E-state index contributed by atoms with van der Waals surface area (Å²) in [6.45, 7) is 4.21. The summed E-state index contributed by atoms with van der Waals surface area (Å²) in [7, 11) is 1.57. The van der Waals surface area contributed by atoms with Gasteiger partial charge in [0.05, 0.1) is 7.11 Å². The summed E-state index contributed by atoms with van der Waals surface area (Å²) < 4.78 is 16.1. The molecule has 2 aromatic carbocycles. The summed E-state index contributed by atoms with van der Waals surface area (Å²) in [4.78, 5) is 0. The van der Waals surface area contributed by atoms with Gasteiger partial charge in [-0.2, -0.15) is 0 Å². The highest BCUT2D eigenvalue weighted by Crippen LogP contribution is 2.43. The minimum atomic E-state index is -0.730. The molecule has 0 aliphatic carbocycles. The Labute approximate surface area is 123 Å². The Morgan fingerprint density at radius 2 is 1.67 bits per heavy atom. The SMILES string of the molecule is COc1cc(C(O)c2cc(C)cc(C)c2)cc2c1OCO2. The van der Waals surface area contributed by atoms with E-state index in [9.17, 15) is 5.11 Å². The first-order valence-electron chi connectivity index (χ1n) is 6.82. The molecule has 0 saturated heterocycles. The van der Waals surface area contributed by atoms with Gasteiger partial charge in [0.2, 0.25) is 12.5 Å². The average Bonchev–Trinajstić information content (AvgIpc) is 2.92. The van der Waals surface area contributed by atoms with Crippen molar-refractivity contribution in [2.24, 2.45) is 0 Å². The van der Waals surface area contributed by atoms with E-state index >= 15 is 0 Å². The zero-order valence-electron chi connectivity index (χ0n) is 12.3. The standard InChI is InChI=1S/C17H18O4/c1-10-4-11(2)6-12(5-10)16(18)13-7-14(19-3)17-15(8-13)20-9-21-17/h4-8,16,18H,9H2,1-3H3. The molecule has 1 heterocycles. The first kappa shape index (κ1) is 13.8. The van der Waals surface area contributed by atoms with Gasteiger partial charge >= 0.3 is 0 Å². The lowest BCUT2D eigenvalue weighted by molar-refractivity contribution is 0.171. The summed E-state index contributed by atoms with van der Waals surface area (Å²) in [6.07, 6.45) is -0.730. The highest BCUT2D eigenvalue weighted by atomic mass is 16.7. The van der Waals surface area contributed by atoms with Crippen molar-refractivity contribution in [2.45, 2.75) is 20.0 Å². The van der Waals surface area contributed by atoms with E-state index < -0.39 is 6.10 Å². The van der Waals surface area contributed by atoms with Gasteiger partial charge in [-0.1, -0.05) is 29.3 Å². The summed E-state index contributed by atoms with van der Waals surface area (Å²) in [5.74, 6) is 1.77. The van der Waals surface area contributed by atoms with Gasteiger partial charge < -0.3 is 19.3 Å². The number of ether oxygens (including phenoxy) is 3. The lowest BCUT2D eigenvalue weighted by Crippen LogP contribution is -2.01. The number of rotatable bonds is 3. The van der Waals surface area contributed by atoms with Crippen LogP contribution >= 0.6 is 0 Å². The maximum absolute atomic E-state index is 10.6. The molecule has 1 unspecified atom stereocenters. The molecule has 1 atom stereocenters. The van der Waals surface area contributed by atoms with E-state index in [0.717, 1.165) is 22.3 Å². The zero-order valence-corrected chi connectivity index (χ0v) is 12.3. The zero-order chi connectivity index (χ0) is 15.0. The molecule has 0 spiro atoms. The summed E-state index contributed by atoms with van der Waals surface area (Å²) in [5.41, 5.74) is 3.82. The molecular formula is C17H18O4. The van der Waals surface area contributed by atoms with Gasteiger partial charge in [-0.3, -0.25) is 0 Å². The molecule has 3 rings (SSSR count). The Kier molecular flexibility index (Phi) is 3.47. The van der Waals surface area contributed by atoms with Crippen LogP contribution in [0.2, 0.25) is 0 Å². The van der Waals surface area contributed by atoms with Crippen molar-refractivity contribution < 1.29 is 19.3 Å². The number of fused-ring (bicyclic) bond motifs is 1. The van der Waals surface area contributed by atoms with Crippen LogP contribution in [0.1, 0.15) is 28.4 Å². The van der Waals surface area contributed by atoms with Crippen LogP contribution in [0, 0.1) is 13.8 Å². The molecule has 2 aromatic rings. The molecule has 0 radical (unpaired) electrons. The molecule has 0 fully saturated rings. The van der Waals surface area contributed by atoms with Crippen molar-refractivity contribution in [3.8, 4) is 17.2 Å². The van der Waals surface area contributed by atoms with E-state index in [1.165, 1.54) is 0 Å². The van der Waals surface area contributed by atoms with Gasteiger partial charge in [0.1, 0.15) is 6.10 Å². The molecule has 0 saturated carbocycles. The fraction of sp³-hybridized carbons (Fsp3) is 0.294. The average molecular weight is 286 g/mol. The van der Waals surface area contributed by atoms with Crippen LogP contribution in [-0.2, 0) is 0 Å². The predicted molar refractivity (Wildman–Crippen MR) is 79.1 cm³/mol. The third-order valence-corrected chi connectivity index (χ3v) is 3.56. The molecule has 21 heavy (non-hydrogen) atoms. The minimum absolute atomic E-state index is 0.175. The van der Waals surface area contributed by atoms with Crippen LogP contribution in [0.25, 0.3) is 0 Å². The predicted octanol–water partition coefficient (Wildman–Crippen LogP) is 3.12. The second-order valence-corrected chi connectivity index (χ2v) is 5.28. The normalized spacial score (nSPS) is 14.1. The molecular weight excluding hydrogens is 268 g/mol. The molecule has 4 nitrogen and oxygen atoms in total. The van der Waals surface area contributed by atoms with Crippen molar-refractivity contribution >= 4 is 0 Å². The Bertz CT molecular complexity index is 658. The number of benzene rings is 2. The lowest BCUT2D eigenvalue weighted by Gasteiger charge is -2.15. The van der Waals surface area contributed by atoms with Gasteiger partial charge in [-0.05, 0) is 37.1 Å². The molecule has 0 bridgehead atoms. The van der Waals surface area contributed by atoms with Crippen LogP contribution in [0.3, 0.4) is 0 Å². The number of aliphatic hydroxyl groups is 1. The maximum Gasteiger partial charge on any atom is 0.231 e. The Morgan fingerprint density at radius 1 is 1.00 bits per heavy atom. The number of hydrogen-bond acceptors (Lipinski definition) is 4. The first-order valence-corrected chi connectivity index (χ1v) is 6.82. The third-order valence-electron chi connectivity index (χ3n) is 3.56. The largest absolute Gasteiger partial charge is 0.493 e. The molecule has 0 amide bonds. The van der Waals surface area contributed by atoms with Crippen LogP contribution in [-0.4, -0.2) is 19.0 Å². The molecule has 1 aliphatic heterocycles. The quantitative estimate of drug-likeness (QED) is 0.941. The molecule has 0 aromatic heterocycles. The van der Waals surface area contributed by atoms with Gasteiger partial charge in [-0.25, -0.2) is 0 Å². The second-order valence-electron chi connectivity index (χ2n) is 5.28. The lowest BCUT2D eigenvalue weighted by atomic mass is 9.97. The summed E-state index contributed by atoms with van der Waals surface area (Å²) in [6, 6.07) is 9.63. The number of aryl methyl sites for hydroxylation is 2. The molecule has 110 valence electrons. The van der Waals surface area contributed by atoms with Crippen LogP contribution in [0.4, 0.5) is 0 Å². The van der Waals surface area contributed by atoms with E-state index in [1.54, 1.807) is 19.2 Å². The Hall–Kier alpha value is -2.20. The van der Waals surface area contributed by atoms with Crippen molar-refractivity contribution in [1.82, 2.24) is 0 Å². The summed E-state index contributed by atoms with van der Waals surface area (Å²) in [5, 5.41) is 10.6. The fourth-order valence-electron chi connectivity index (χ4n) is 2.67. The number of hydrogen-bond donors (Lipinski definition) is 1. The van der Waals surface area contributed by atoms with Gasteiger partial charge in [0.15, 0.2) is 11.5 Å². The highest BCUT2D eigenvalue weighted by molar-refractivity contribution is 5.56. The van der Waals surface area contributed by atoms with Crippen LogP contribution < -0.4 is 14.2 Å². The smallest absolute Gasteiger partial charge is 0.231 e. The van der Waals surface area contributed by atoms with E-state index in [-0.39, 0.29) is 6.79 Å². The number of aliphatic hydroxyl groups excluding tert-OH is 1. The summed E-state index contributed by atoms with van der Waals surface area (Å²) >= 11 is 0. The van der Waals surface area contributed by atoms with E-state index in [1.807, 2.05) is 26.0 Å². The van der Waals surface area contributed by atoms with Crippen LogP contribution in [0.15, 0.2) is 30.3 Å². The maximum atomic E-state index is 10.6. The van der Waals surface area contributed by atoms with Crippen LogP contribution in [0.5, 0.6) is 17.2 Å². The monoisotopic (exact) mass is 286 g/mol. The van der Waals surface area contributed by atoms with E-state index in [2.05, 4.69) is 6.07 Å². The van der Waals surface area contributed by atoms with E-state index in [0.29, 0.717) is 17.2 Å². The third kappa shape index (κ3) is 2.54. The topological polar surface area (TPSA) is 47.9 Å². The van der Waals surface area contributed by atoms with Gasteiger partial charge in [-0.15, -0.1) is 0 Å². The van der Waals surface area contributed by atoms with Gasteiger partial charge in [0.25, 0.3) is 0 Å². The Morgan fingerprint density at radius 3 is 2.33 bits per heavy atom.